The Morgan fingerprint density at radius 2 is 1.57 bits per heavy atom. The van der Waals surface area contributed by atoms with Gasteiger partial charge in [0.2, 0.25) is 0 Å². The highest BCUT2D eigenvalue weighted by Gasteiger charge is 2.25. The molecule has 0 saturated carbocycles. The van der Waals surface area contributed by atoms with Crippen LogP contribution in [-0.2, 0) is 11.3 Å². The molecule has 5 N–H and O–H groups in total. The van der Waals surface area contributed by atoms with Gasteiger partial charge in [0.25, 0.3) is 11.8 Å². The summed E-state index contributed by atoms with van der Waals surface area (Å²) >= 11 is 0. The normalized spacial score (nSPS) is 12.3. The molecule has 0 aliphatic carbocycles. The third-order valence-corrected chi connectivity index (χ3v) is 4.37. The average molecular weight is 409 g/mol. The zero-order chi connectivity index (χ0) is 21.9. The Bertz CT molecular complexity index is 897. The molecule has 0 spiro atoms. The van der Waals surface area contributed by atoms with Gasteiger partial charge >= 0.3 is 0 Å². The van der Waals surface area contributed by atoms with Crippen LogP contribution in [0, 0.1) is 11.8 Å². The third kappa shape index (κ3) is 7.01. The van der Waals surface area contributed by atoms with Crippen molar-refractivity contribution in [2.24, 2.45) is 0 Å². The molecule has 158 valence electrons. The molecule has 0 heterocycles. The van der Waals surface area contributed by atoms with Crippen molar-refractivity contribution in [3.05, 3.63) is 70.8 Å². The van der Waals surface area contributed by atoms with Crippen LogP contribution in [0.4, 0.5) is 0 Å². The highest BCUT2D eigenvalue weighted by atomic mass is 16.5. The SMILES string of the molecule is CCCNCc1ccc(C#Cc2ccc(C(=O)NC(C(=O)NO)C(C)O)cc2)cc1. The van der Waals surface area contributed by atoms with Crippen LogP contribution in [0.15, 0.2) is 48.5 Å². The Kier molecular flexibility index (Phi) is 9.03. The summed E-state index contributed by atoms with van der Waals surface area (Å²) in [7, 11) is 0. The summed E-state index contributed by atoms with van der Waals surface area (Å²) in [5, 5.41) is 24.0. The number of aliphatic hydroxyl groups excluding tert-OH is 1. The van der Waals surface area contributed by atoms with Crippen molar-refractivity contribution in [3.63, 3.8) is 0 Å². The van der Waals surface area contributed by atoms with Crippen molar-refractivity contribution in [1.29, 1.82) is 0 Å². The Hall–Kier alpha value is -3.18. The minimum absolute atomic E-state index is 0.306. The number of nitrogens with one attached hydrogen (secondary N) is 3. The van der Waals surface area contributed by atoms with Crippen LogP contribution in [0.2, 0.25) is 0 Å². The van der Waals surface area contributed by atoms with Gasteiger partial charge in [0.05, 0.1) is 6.10 Å². The Morgan fingerprint density at radius 1 is 1.00 bits per heavy atom. The predicted molar refractivity (Wildman–Crippen MR) is 114 cm³/mol. The summed E-state index contributed by atoms with van der Waals surface area (Å²) in [4.78, 5) is 23.8. The summed E-state index contributed by atoms with van der Waals surface area (Å²) in [6.45, 7) is 5.30. The highest BCUT2D eigenvalue weighted by molar-refractivity contribution is 5.97. The second-order valence-electron chi connectivity index (χ2n) is 6.87. The lowest BCUT2D eigenvalue weighted by Crippen LogP contribution is -2.51. The minimum Gasteiger partial charge on any atom is -0.391 e. The number of carbonyl (C=O) groups excluding carboxylic acids is 2. The third-order valence-electron chi connectivity index (χ3n) is 4.37. The summed E-state index contributed by atoms with van der Waals surface area (Å²) in [5.74, 6) is 4.70. The van der Waals surface area contributed by atoms with Crippen LogP contribution < -0.4 is 16.1 Å². The number of aliphatic hydroxyl groups is 1. The van der Waals surface area contributed by atoms with Gasteiger partial charge in [-0.05, 0) is 61.9 Å². The zero-order valence-corrected chi connectivity index (χ0v) is 17.1. The number of rotatable bonds is 8. The molecule has 0 bridgehead atoms. The Balaban J connectivity index is 1.99. The van der Waals surface area contributed by atoms with E-state index in [2.05, 4.69) is 29.4 Å². The smallest absolute Gasteiger partial charge is 0.268 e. The van der Waals surface area contributed by atoms with E-state index in [1.165, 1.54) is 18.0 Å². The topological polar surface area (TPSA) is 111 Å². The van der Waals surface area contributed by atoms with E-state index in [9.17, 15) is 14.7 Å². The fourth-order valence-corrected chi connectivity index (χ4v) is 2.66. The first kappa shape index (κ1) is 23.1. The number of hydroxylamine groups is 1. The quantitative estimate of drug-likeness (QED) is 0.197. The molecule has 0 aromatic heterocycles. The van der Waals surface area contributed by atoms with E-state index >= 15 is 0 Å². The average Bonchev–Trinajstić information content (AvgIpc) is 2.76. The van der Waals surface area contributed by atoms with Crippen LogP contribution in [0.5, 0.6) is 0 Å². The van der Waals surface area contributed by atoms with E-state index in [0.29, 0.717) is 5.56 Å². The molecule has 2 rings (SSSR count). The molecule has 2 aromatic carbocycles. The minimum atomic E-state index is -1.26. The first-order chi connectivity index (χ1) is 14.4. The van der Waals surface area contributed by atoms with Gasteiger partial charge in [0, 0.05) is 23.2 Å². The highest BCUT2D eigenvalue weighted by Crippen LogP contribution is 2.07. The standard InChI is InChI=1S/C23H27N3O4/c1-3-14-24-15-19-8-6-17(7-9-19)4-5-18-10-12-20(13-11-18)22(28)25-21(16(2)27)23(29)26-30/h6-13,16,21,24,27,30H,3,14-15H2,1-2H3,(H,25,28)(H,26,29). The lowest BCUT2D eigenvalue weighted by atomic mass is 10.1. The zero-order valence-electron chi connectivity index (χ0n) is 17.1. The number of hydrogen-bond acceptors (Lipinski definition) is 5. The maximum Gasteiger partial charge on any atom is 0.268 e. The second kappa shape index (κ2) is 11.7. The maximum absolute atomic E-state index is 12.3. The molecule has 0 aliphatic heterocycles. The lowest BCUT2D eigenvalue weighted by Gasteiger charge is -2.19. The molecule has 2 unspecified atom stereocenters. The van der Waals surface area contributed by atoms with Crippen molar-refractivity contribution >= 4 is 11.8 Å². The first-order valence-electron chi connectivity index (χ1n) is 9.79. The largest absolute Gasteiger partial charge is 0.391 e. The molecular formula is C23H27N3O4. The molecule has 0 saturated heterocycles. The van der Waals surface area contributed by atoms with Crippen LogP contribution >= 0.6 is 0 Å². The van der Waals surface area contributed by atoms with Gasteiger partial charge in [-0.3, -0.25) is 14.8 Å². The fourth-order valence-electron chi connectivity index (χ4n) is 2.66. The van der Waals surface area contributed by atoms with Gasteiger partial charge in [-0.25, -0.2) is 5.48 Å². The number of carbonyl (C=O) groups is 2. The van der Waals surface area contributed by atoms with E-state index in [1.807, 2.05) is 24.3 Å². The number of hydrogen-bond donors (Lipinski definition) is 5. The van der Waals surface area contributed by atoms with Crippen LogP contribution in [-0.4, -0.2) is 40.8 Å². The van der Waals surface area contributed by atoms with Crippen molar-refractivity contribution < 1.29 is 19.9 Å². The van der Waals surface area contributed by atoms with E-state index in [-0.39, 0.29) is 0 Å². The van der Waals surface area contributed by atoms with E-state index in [1.54, 1.807) is 24.3 Å². The maximum atomic E-state index is 12.3. The van der Waals surface area contributed by atoms with Gasteiger partial charge < -0.3 is 15.7 Å². The lowest BCUT2D eigenvalue weighted by molar-refractivity contribution is -0.133. The number of amides is 2. The van der Waals surface area contributed by atoms with E-state index in [0.717, 1.165) is 30.6 Å². The second-order valence-corrected chi connectivity index (χ2v) is 6.87. The molecule has 0 fully saturated rings. The van der Waals surface area contributed by atoms with E-state index < -0.39 is 24.0 Å². The molecular weight excluding hydrogens is 382 g/mol. The van der Waals surface area contributed by atoms with Gasteiger partial charge in [-0.15, -0.1) is 0 Å². The van der Waals surface area contributed by atoms with Gasteiger partial charge in [0.1, 0.15) is 6.04 Å². The van der Waals surface area contributed by atoms with Crippen LogP contribution in [0.1, 0.15) is 47.3 Å². The molecule has 7 nitrogen and oxygen atoms in total. The predicted octanol–water partition coefficient (Wildman–Crippen LogP) is 1.57. The van der Waals surface area contributed by atoms with Crippen molar-refractivity contribution in [2.45, 2.75) is 39.0 Å². The Labute approximate surface area is 176 Å². The summed E-state index contributed by atoms with van der Waals surface area (Å²) in [6.07, 6.45) is -0.0663. The monoisotopic (exact) mass is 409 g/mol. The molecule has 2 amide bonds. The number of benzene rings is 2. The summed E-state index contributed by atoms with van der Waals surface area (Å²) in [6, 6.07) is 13.3. The molecule has 7 heteroatoms. The molecule has 0 radical (unpaired) electrons. The van der Waals surface area contributed by atoms with Crippen LogP contribution in [0.3, 0.4) is 0 Å². The molecule has 2 aromatic rings. The summed E-state index contributed by atoms with van der Waals surface area (Å²) < 4.78 is 0. The molecule has 30 heavy (non-hydrogen) atoms. The van der Waals surface area contributed by atoms with Crippen molar-refractivity contribution in [1.82, 2.24) is 16.1 Å². The molecule has 0 aliphatic rings. The molecule has 2 atom stereocenters. The summed E-state index contributed by atoms with van der Waals surface area (Å²) in [5.41, 5.74) is 4.57. The van der Waals surface area contributed by atoms with Gasteiger partial charge in [0.15, 0.2) is 0 Å². The first-order valence-corrected chi connectivity index (χ1v) is 9.79. The van der Waals surface area contributed by atoms with Crippen molar-refractivity contribution in [2.75, 3.05) is 6.54 Å². The van der Waals surface area contributed by atoms with Gasteiger partial charge in [-0.1, -0.05) is 30.9 Å². The Morgan fingerprint density at radius 3 is 2.07 bits per heavy atom. The van der Waals surface area contributed by atoms with Gasteiger partial charge in [-0.2, -0.15) is 0 Å². The van der Waals surface area contributed by atoms with E-state index in [4.69, 9.17) is 5.21 Å². The fraction of sp³-hybridized carbons (Fsp3) is 0.304. The van der Waals surface area contributed by atoms with Crippen molar-refractivity contribution in [3.8, 4) is 11.8 Å². The van der Waals surface area contributed by atoms with Crippen LogP contribution in [0.25, 0.3) is 0 Å².